The van der Waals surface area contributed by atoms with Crippen molar-refractivity contribution < 1.29 is 13.2 Å². The zero-order chi connectivity index (χ0) is 17.7. The average Bonchev–Trinajstić information content (AvgIpc) is 3.20. The summed E-state index contributed by atoms with van der Waals surface area (Å²) in [6, 6.07) is 2.72. The fourth-order valence-electron chi connectivity index (χ4n) is 2.84. The number of nitrogen functional groups attached to an aromatic ring is 1. The monoisotopic (exact) mass is 343 g/mol. The van der Waals surface area contributed by atoms with E-state index in [0.717, 1.165) is 17.2 Å². The van der Waals surface area contributed by atoms with Gasteiger partial charge in [-0.2, -0.15) is 5.10 Å². The van der Waals surface area contributed by atoms with Crippen LogP contribution in [0.1, 0.15) is 11.1 Å². The molecule has 8 heteroatoms. The van der Waals surface area contributed by atoms with Crippen molar-refractivity contribution >= 4 is 17.2 Å². The lowest BCUT2D eigenvalue weighted by molar-refractivity contribution is 0.448. The maximum Gasteiger partial charge on any atom is 0.196 e. The molecular formula is C17H12F3N5. The van der Waals surface area contributed by atoms with Crippen LogP contribution in [-0.2, 0) is 13.5 Å². The second-order valence-corrected chi connectivity index (χ2v) is 5.79. The van der Waals surface area contributed by atoms with E-state index in [2.05, 4.69) is 15.1 Å². The summed E-state index contributed by atoms with van der Waals surface area (Å²) >= 11 is 0. The highest BCUT2D eigenvalue weighted by Crippen LogP contribution is 2.35. The largest absolute Gasteiger partial charge is 0.383 e. The summed E-state index contributed by atoms with van der Waals surface area (Å²) < 4.78 is 42.4. The molecule has 3 aromatic rings. The molecule has 0 bridgehead atoms. The van der Waals surface area contributed by atoms with Crippen molar-refractivity contribution in [1.29, 1.82) is 0 Å². The highest BCUT2D eigenvalue weighted by Gasteiger charge is 2.26. The molecule has 1 aliphatic rings. The lowest BCUT2D eigenvalue weighted by atomic mass is 10.0. The molecule has 25 heavy (non-hydrogen) atoms. The molecule has 0 amide bonds. The first kappa shape index (κ1) is 15.4. The Morgan fingerprint density at radius 1 is 1.08 bits per heavy atom. The molecule has 0 atom stereocenters. The smallest absolute Gasteiger partial charge is 0.196 e. The molecule has 0 saturated carbocycles. The first-order chi connectivity index (χ1) is 11.9. The lowest BCUT2D eigenvalue weighted by Gasteiger charge is -2.06. The van der Waals surface area contributed by atoms with Gasteiger partial charge in [0.05, 0.1) is 11.9 Å². The third-order valence-electron chi connectivity index (χ3n) is 4.09. The van der Waals surface area contributed by atoms with E-state index >= 15 is 0 Å². The van der Waals surface area contributed by atoms with E-state index < -0.39 is 17.5 Å². The summed E-state index contributed by atoms with van der Waals surface area (Å²) in [5.41, 5.74) is 8.51. The zero-order valence-corrected chi connectivity index (χ0v) is 13.1. The van der Waals surface area contributed by atoms with Crippen LogP contribution in [0.4, 0.5) is 24.7 Å². The normalized spacial score (nSPS) is 13.0. The third-order valence-corrected chi connectivity index (χ3v) is 4.09. The molecule has 3 heterocycles. The molecule has 2 N–H and O–H groups in total. The van der Waals surface area contributed by atoms with Gasteiger partial charge in [0.25, 0.3) is 0 Å². The Balaban J connectivity index is 1.79. The van der Waals surface area contributed by atoms with Gasteiger partial charge in [-0.3, -0.25) is 4.68 Å². The van der Waals surface area contributed by atoms with Crippen LogP contribution in [-0.4, -0.2) is 20.5 Å². The van der Waals surface area contributed by atoms with E-state index in [1.807, 2.05) is 6.20 Å². The molecule has 126 valence electrons. The second kappa shape index (κ2) is 5.44. The summed E-state index contributed by atoms with van der Waals surface area (Å²) in [5, 5.41) is 4.10. The fourth-order valence-corrected chi connectivity index (χ4v) is 2.84. The Morgan fingerprint density at radius 3 is 2.60 bits per heavy atom. The number of nitrogens with two attached hydrogens (primary N) is 1. The van der Waals surface area contributed by atoms with Crippen molar-refractivity contribution in [3.63, 3.8) is 0 Å². The predicted octanol–water partition coefficient (Wildman–Crippen LogP) is 3.16. The number of pyridine rings is 1. The van der Waals surface area contributed by atoms with E-state index in [9.17, 15) is 13.2 Å². The van der Waals surface area contributed by atoms with Crippen LogP contribution < -0.4 is 5.73 Å². The van der Waals surface area contributed by atoms with Crippen molar-refractivity contribution in [2.45, 2.75) is 6.42 Å². The molecule has 0 fully saturated rings. The predicted molar refractivity (Wildman–Crippen MR) is 87.1 cm³/mol. The number of fused-ring (bicyclic) bond motifs is 1. The van der Waals surface area contributed by atoms with Gasteiger partial charge >= 0.3 is 0 Å². The first-order valence-corrected chi connectivity index (χ1v) is 7.43. The van der Waals surface area contributed by atoms with Gasteiger partial charge in [-0.1, -0.05) is 0 Å². The van der Waals surface area contributed by atoms with E-state index in [1.54, 1.807) is 30.2 Å². The van der Waals surface area contributed by atoms with Gasteiger partial charge in [0, 0.05) is 42.6 Å². The van der Waals surface area contributed by atoms with Crippen molar-refractivity contribution in [2.75, 3.05) is 5.73 Å². The number of anilines is 1. The summed E-state index contributed by atoms with van der Waals surface area (Å²) in [6.45, 7) is 0. The van der Waals surface area contributed by atoms with Gasteiger partial charge in [-0.05, 0) is 17.7 Å². The van der Waals surface area contributed by atoms with E-state index in [1.165, 1.54) is 0 Å². The van der Waals surface area contributed by atoms with Crippen LogP contribution in [0.5, 0.6) is 0 Å². The first-order valence-electron chi connectivity index (χ1n) is 7.43. The summed E-state index contributed by atoms with van der Waals surface area (Å²) in [5.74, 6) is -3.85. The molecule has 1 aliphatic heterocycles. The Hall–Kier alpha value is -3.16. The Bertz CT molecular complexity index is 1040. The number of nitrogens with zero attached hydrogens (tertiary/aromatic N) is 4. The minimum absolute atomic E-state index is 0.145. The van der Waals surface area contributed by atoms with Gasteiger partial charge in [0.1, 0.15) is 11.5 Å². The highest BCUT2D eigenvalue weighted by atomic mass is 19.2. The number of aryl methyl sites for hydroxylation is 1. The van der Waals surface area contributed by atoms with Crippen molar-refractivity contribution in [3.05, 3.63) is 59.3 Å². The molecule has 0 unspecified atom stereocenters. The second-order valence-electron chi connectivity index (χ2n) is 5.79. The minimum atomic E-state index is -1.53. The molecule has 0 spiro atoms. The van der Waals surface area contributed by atoms with Crippen molar-refractivity contribution in [1.82, 2.24) is 14.8 Å². The molecule has 4 rings (SSSR count). The van der Waals surface area contributed by atoms with Gasteiger partial charge in [-0.25, -0.2) is 23.1 Å². The van der Waals surface area contributed by atoms with Crippen LogP contribution in [0.15, 0.2) is 35.7 Å². The van der Waals surface area contributed by atoms with E-state index in [0.29, 0.717) is 11.3 Å². The number of benzene rings is 1. The minimum Gasteiger partial charge on any atom is -0.383 e. The topological polar surface area (TPSA) is 69.1 Å². The van der Waals surface area contributed by atoms with Crippen LogP contribution in [0, 0.1) is 17.5 Å². The van der Waals surface area contributed by atoms with Crippen molar-refractivity contribution in [3.8, 4) is 11.1 Å². The standard InChI is InChI=1S/C17H12F3N5/c1-25-7-10(6-23-25)9-2-11(17(21)22-5-9)13-4-8-3-12(18)14(19)15(20)16(8)24-13/h2-3,5-7H,4H2,1H3,(H2,21,22). The average molecular weight is 343 g/mol. The van der Waals surface area contributed by atoms with Crippen LogP contribution in [0.25, 0.3) is 11.1 Å². The molecular weight excluding hydrogens is 331 g/mol. The number of halogens is 3. The van der Waals surface area contributed by atoms with E-state index in [4.69, 9.17) is 5.73 Å². The Labute approximate surface area is 140 Å². The van der Waals surface area contributed by atoms with Crippen LogP contribution >= 0.6 is 0 Å². The summed E-state index contributed by atoms with van der Waals surface area (Å²) in [7, 11) is 1.79. The van der Waals surface area contributed by atoms with E-state index in [-0.39, 0.29) is 23.5 Å². The number of hydrogen-bond donors (Lipinski definition) is 1. The van der Waals surface area contributed by atoms with Crippen molar-refractivity contribution in [2.24, 2.45) is 12.0 Å². The highest BCUT2D eigenvalue weighted by molar-refractivity contribution is 6.09. The lowest BCUT2D eigenvalue weighted by Crippen LogP contribution is -2.07. The zero-order valence-electron chi connectivity index (χ0n) is 13.1. The number of aromatic nitrogens is 3. The quantitative estimate of drug-likeness (QED) is 0.727. The van der Waals surface area contributed by atoms with Gasteiger partial charge in [-0.15, -0.1) is 0 Å². The van der Waals surface area contributed by atoms with Gasteiger partial charge in [0.15, 0.2) is 17.5 Å². The van der Waals surface area contributed by atoms with Gasteiger partial charge in [0.2, 0.25) is 0 Å². The van der Waals surface area contributed by atoms with Crippen LogP contribution in [0.2, 0.25) is 0 Å². The Morgan fingerprint density at radius 2 is 1.88 bits per heavy atom. The number of rotatable bonds is 2. The fraction of sp³-hybridized carbons (Fsp3) is 0.118. The molecule has 2 aromatic heterocycles. The maximum atomic E-state index is 13.9. The number of hydrogen-bond acceptors (Lipinski definition) is 4. The molecule has 1 aromatic carbocycles. The number of aliphatic imine (C=N–C) groups is 1. The SMILES string of the molecule is Cn1cc(-c2cnc(N)c(C3=Nc4c(cc(F)c(F)c4F)C3)c2)cn1. The molecule has 0 aliphatic carbocycles. The Kier molecular flexibility index (Phi) is 3.34. The molecule has 5 nitrogen and oxygen atoms in total. The summed E-state index contributed by atoms with van der Waals surface area (Å²) in [6.07, 6.45) is 5.23. The van der Waals surface area contributed by atoms with Crippen LogP contribution in [0.3, 0.4) is 0 Å². The summed E-state index contributed by atoms with van der Waals surface area (Å²) in [4.78, 5) is 8.27. The van der Waals surface area contributed by atoms with Gasteiger partial charge < -0.3 is 5.73 Å². The molecule has 0 saturated heterocycles. The molecule has 0 radical (unpaired) electrons. The maximum absolute atomic E-state index is 13.9. The third kappa shape index (κ3) is 2.46.